The normalized spacial score (nSPS) is 10.6. The van der Waals surface area contributed by atoms with Crippen LogP contribution in [0.25, 0.3) is 0 Å². The molecule has 5 nitrogen and oxygen atoms in total. The minimum absolute atomic E-state index is 0.232. The second kappa shape index (κ2) is 6.63. The molecule has 0 bridgehead atoms. The van der Waals surface area contributed by atoms with Crippen LogP contribution in [0, 0.1) is 0 Å². The summed E-state index contributed by atoms with van der Waals surface area (Å²) in [7, 11) is 0. The molecule has 0 aliphatic heterocycles. The number of hydrogen-bond acceptors (Lipinski definition) is 5. The number of benzene rings is 1. The molecule has 2 N–H and O–H groups in total. The van der Waals surface area contributed by atoms with Crippen LogP contribution in [0.3, 0.4) is 0 Å². The molecule has 0 aliphatic carbocycles. The average Bonchev–Trinajstić information content (AvgIpc) is 2.47. The lowest BCUT2D eigenvalue weighted by Crippen LogP contribution is -2.04. The van der Waals surface area contributed by atoms with Gasteiger partial charge in [0.15, 0.2) is 0 Å². The van der Waals surface area contributed by atoms with Crippen molar-refractivity contribution in [1.29, 1.82) is 0 Å². The first-order chi connectivity index (χ1) is 9.67. The molecule has 0 saturated heterocycles. The zero-order valence-corrected chi connectivity index (χ0v) is 12.3. The highest BCUT2D eigenvalue weighted by molar-refractivity contribution is 6.31. The molecule has 1 heterocycles. The van der Waals surface area contributed by atoms with Crippen molar-refractivity contribution >= 4 is 11.6 Å². The van der Waals surface area contributed by atoms with Crippen LogP contribution >= 0.6 is 11.6 Å². The highest BCUT2D eigenvalue weighted by Crippen LogP contribution is 2.25. The maximum atomic E-state index is 6.09. The molecule has 1 aromatic carbocycles. The summed E-state index contributed by atoms with van der Waals surface area (Å²) in [6.07, 6.45) is 1.60. The average molecular weight is 293 g/mol. The number of halogens is 1. The van der Waals surface area contributed by atoms with Gasteiger partial charge in [-0.05, 0) is 30.5 Å². The fourth-order valence-electron chi connectivity index (χ4n) is 1.83. The van der Waals surface area contributed by atoms with E-state index in [4.69, 9.17) is 22.1 Å². The Balaban J connectivity index is 2.23. The minimum Gasteiger partial charge on any atom is -0.423 e. The summed E-state index contributed by atoms with van der Waals surface area (Å²) in [6, 6.07) is 5.55. The quantitative estimate of drug-likeness (QED) is 0.917. The molecule has 0 aliphatic rings. The summed E-state index contributed by atoms with van der Waals surface area (Å²) >= 11 is 6.09. The lowest BCUT2D eigenvalue weighted by molar-refractivity contribution is 0.428. The third-order valence-corrected chi connectivity index (χ3v) is 3.30. The minimum atomic E-state index is 0.232. The smallest absolute Gasteiger partial charge is 0.341 e. The molecule has 106 valence electrons. The molecule has 0 saturated carbocycles. The number of hydrogen-bond donors (Lipinski definition) is 1. The van der Waals surface area contributed by atoms with Gasteiger partial charge < -0.3 is 10.5 Å². The lowest BCUT2D eigenvalue weighted by atomic mass is 10.2. The summed E-state index contributed by atoms with van der Waals surface area (Å²) in [5, 5.41) is 8.67. The van der Waals surface area contributed by atoms with Gasteiger partial charge in [0.05, 0.1) is 11.4 Å². The third-order valence-electron chi connectivity index (χ3n) is 2.94. The Hall–Kier alpha value is -1.72. The topological polar surface area (TPSA) is 73.9 Å². The van der Waals surface area contributed by atoms with Crippen LogP contribution < -0.4 is 10.5 Å². The Bertz CT molecular complexity index is 604. The van der Waals surface area contributed by atoms with Crippen LogP contribution in [0.15, 0.2) is 18.2 Å². The van der Waals surface area contributed by atoms with Gasteiger partial charge in [0.25, 0.3) is 0 Å². The Morgan fingerprint density at radius 3 is 2.50 bits per heavy atom. The first-order valence-electron chi connectivity index (χ1n) is 6.56. The van der Waals surface area contributed by atoms with Crippen LogP contribution in [0.4, 0.5) is 0 Å². The van der Waals surface area contributed by atoms with Crippen molar-refractivity contribution in [3.05, 3.63) is 40.2 Å². The first kappa shape index (κ1) is 14.7. The van der Waals surface area contributed by atoms with Gasteiger partial charge in [-0.3, -0.25) is 0 Å². The van der Waals surface area contributed by atoms with Gasteiger partial charge in [0.2, 0.25) is 0 Å². The predicted molar refractivity (Wildman–Crippen MR) is 78.0 cm³/mol. The van der Waals surface area contributed by atoms with Crippen LogP contribution in [0.2, 0.25) is 5.02 Å². The predicted octanol–water partition coefficient (Wildman–Crippen LogP) is 2.90. The molecule has 0 amide bonds. The third kappa shape index (κ3) is 3.23. The monoisotopic (exact) mass is 292 g/mol. The molecule has 2 aromatic rings. The molecule has 1 aromatic heterocycles. The van der Waals surface area contributed by atoms with Gasteiger partial charge in [-0.2, -0.15) is 4.98 Å². The van der Waals surface area contributed by atoms with Gasteiger partial charge in [-0.25, -0.2) is 0 Å². The number of ether oxygens (including phenoxy) is 1. The van der Waals surface area contributed by atoms with Gasteiger partial charge >= 0.3 is 6.01 Å². The number of rotatable bonds is 5. The summed E-state index contributed by atoms with van der Waals surface area (Å²) in [5.41, 5.74) is 8.24. The molecule has 20 heavy (non-hydrogen) atoms. The van der Waals surface area contributed by atoms with E-state index in [1.807, 2.05) is 19.9 Å². The van der Waals surface area contributed by atoms with Crippen LogP contribution in [0.5, 0.6) is 11.8 Å². The largest absolute Gasteiger partial charge is 0.423 e. The van der Waals surface area contributed by atoms with E-state index in [0.717, 1.165) is 29.8 Å². The van der Waals surface area contributed by atoms with Crippen LogP contribution in [0.1, 0.15) is 30.8 Å². The lowest BCUT2D eigenvalue weighted by Gasteiger charge is -2.08. The molecule has 0 fully saturated rings. The van der Waals surface area contributed by atoms with Crippen LogP contribution in [-0.2, 0) is 19.4 Å². The van der Waals surface area contributed by atoms with E-state index in [1.54, 1.807) is 12.1 Å². The molecule has 0 radical (unpaired) electrons. The zero-order chi connectivity index (χ0) is 14.5. The second-order valence-corrected chi connectivity index (χ2v) is 4.66. The standard InChI is InChI=1S/C14H17ClN4O/c1-3-12-13(4-2)18-19-14(17-12)20-10-6-5-9(8-16)11(15)7-10/h5-7H,3-4,8,16H2,1-2H3. The number of nitrogens with two attached hydrogens (primary N) is 1. The van der Waals surface area contributed by atoms with E-state index in [0.29, 0.717) is 17.3 Å². The Morgan fingerprint density at radius 2 is 1.90 bits per heavy atom. The number of aromatic nitrogens is 3. The Labute approximate surface area is 123 Å². The maximum Gasteiger partial charge on any atom is 0.341 e. The molecule has 2 rings (SSSR count). The van der Waals surface area contributed by atoms with E-state index < -0.39 is 0 Å². The molecular formula is C14H17ClN4O. The van der Waals surface area contributed by atoms with Crippen molar-refractivity contribution in [2.45, 2.75) is 33.2 Å². The van der Waals surface area contributed by atoms with E-state index >= 15 is 0 Å². The van der Waals surface area contributed by atoms with E-state index in [2.05, 4.69) is 15.2 Å². The van der Waals surface area contributed by atoms with E-state index in [1.165, 1.54) is 0 Å². The van der Waals surface area contributed by atoms with Crippen LogP contribution in [-0.4, -0.2) is 15.2 Å². The van der Waals surface area contributed by atoms with Crippen molar-refractivity contribution in [3.63, 3.8) is 0 Å². The fraction of sp³-hybridized carbons (Fsp3) is 0.357. The second-order valence-electron chi connectivity index (χ2n) is 4.25. The van der Waals surface area contributed by atoms with Gasteiger partial charge in [-0.15, -0.1) is 5.10 Å². The molecule has 6 heteroatoms. The highest BCUT2D eigenvalue weighted by Gasteiger charge is 2.09. The van der Waals surface area contributed by atoms with E-state index in [-0.39, 0.29) is 6.01 Å². The molecule has 0 unspecified atom stereocenters. The molecule has 0 spiro atoms. The van der Waals surface area contributed by atoms with Crippen molar-refractivity contribution in [2.24, 2.45) is 5.73 Å². The fourth-order valence-corrected chi connectivity index (χ4v) is 2.07. The van der Waals surface area contributed by atoms with Gasteiger partial charge in [0, 0.05) is 11.6 Å². The molecule has 0 atom stereocenters. The molecular weight excluding hydrogens is 276 g/mol. The van der Waals surface area contributed by atoms with Crippen molar-refractivity contribution in [1.82, 2.24) is 15.2 Å². The Morgan fingerprint density at radius 1 is 1.15 bits per heavy atom. The van der Waals surface area contributed by atoms with Crippen molar-refractivity contribution < 1.29 is 4.74 Å². The first-order valence-corrected chi connectivity index (χ1v) is 6.94. The summed E-state index contributed by atoms with van der Waals surface area (Å²) in [4.78, 5) is 4.37. The number of nitrogens with zero attached hydrogens (tertiary/aromatic N) is 3. The summed E-state index contributed by atoms with van der Waals surface area (Å²) in [5.74, 6) is 0.570. The maximum absolute atomic E-state index is 6.09. The zero-order valence-electron chi connectivity index (χ0n) is 11.6. The Kier molecular flexibility index (Phi) is 4.87. The van der Waals surface area contributed by atoms with Crippen molar-refractivity contribution in [3.8, 4) is 11.8 Å². The number of aryl methyl sites for hydroxylation is 2. The van der Waals surface area contributed by atoms with Crippen molar-refractivity contribution in [2.75, 3.05) is 0 Å². The van der Waals surface area contributed by atoms with Gasteiger partial charge in [-0.1, -0.05) is 36.6 Å². The SMILES string of the molecule is CCc1nnc(Oc2ccc(CN)c(Cl)c2)nc1CC. The summed E-state index contributed by atoms with van der Waals surface area (Å²) < 4.78 is 5.59. The highest BCUT2D eigenvalue weighted by atomic mass is 35.5. The summed E-state index contributed by atoms with van der Waals surface area (Å²) in [6.45, 7) is 4.44. The van der Waals surface area contributed by atoms with E-state index in [9.17, 15) is 0 Å². The van der Waals surface area contributed by atoms with Gasteiger partial charge in [0.1, 0.15) is 5.75 Å².